The third-order valence-corrected chi connectivity index (χ3v) is 5.32. The van der Waals surface area contributed by atoms with Gasteiger partial charge in [0.2, 0.25) is 0 Å². The Bertz CT molecular complexity index is 1150. The molecule has 0 aromatic heterocycles. The molecule has 3 aromatic carbocycles. The van der Waals surface area contributed by atoms with Crippen molar-refractivity contribution in [1.82, 2.24) is 0 Å². The first-order valence-electron chi connectivity index (χ1n) is 8.27. The highest BCUT2D eigenvalue weighted by Crippen LogP contribution is 2.32. The number of carboxylic acids is 1. The number of rotatable bonds is 6. The highest BCUT2D eigenvalue weighted by molar-refractivity contribution is 7.92. The average Bonchev–Trinajstić information content (AvgIpc) is 2.68. The van der Waals surface area contributed by atoms with Crippen LogP contribution in [0.2, 0.25) is 0 Å². The first-order chi connectivity index (χ1) is 14.1. The highest BCUT2D eigenvalue weighted by atomic mass is 32.2. The first-order valence-corrected chi connectivity index (χ1v) is 9.75. The SMILES string of the molecule is O=C(O)c1ccc(Oc2cccc(Oc3ccc(S(=O)(=O)C(F)(F)F)cc3)c2)cc1. The van der Waals surface area contributed by atoms with E-state index in [-0.39, 0.29) is 11.3 Å². The zero-order chi connectivity index (χ0) is 21.9. The predicted molar refractivity (Wildman–Crippen MR) is 99.7 cm³/mol. The van der Waals surface area contributed by atoms with Crippen LogP contribution in [0.3, 0.4) is 0 Å². The average molecular weight is 438 g/mol. The summed E-state index contributed by atoms with van der Waals surface area (Å²) in [6, 6.07) is 15.9. The lowest BCUT2D eigenvalue weighted by atomic mass is 10.2. The van der Waals surface area contributed by atoms with Gasteiger partial charge in [0.1, 0.15) is 23.0 Å². The van der Waals surface area contributed by atoms with Crippen molar-refractivity contribution in [3.05, 3.63) is 78.4 Å². The molecule has 0 heterocycles. The lowest BCUT2D eigenvalue weighted by Crippen LogP contribution is -2.23. The maximum atomic E-state index is 12.6. The van der Waals surface area contributed by atoms with Gasteiger partial charge < -0.3 is 14.6 Å². The number of carbonyl (C=O) groups is 1. The van der Waals surface area contributed by atoms with Gasteiger partial charge in [0.15, 0.2) is 0 Å². The lowest BCUT2D eigenvalue weighted by Gasteiger charge is -2.11. The molecule has 0 aliphatic carbocycles. The van der Waals surface area contributed by atoms with Gasteiger partial charge in [0.05, 0.1) is 10.5 Å². The minimum absolute atomic E-state index is 0.107. The molecule has 0 atom stereocenters. The van der Waals surface area contributed by atoms with Gasteiger partial charge in [-0.15, -0.1) is 0 Å². The van der Waals surface area contributed by atoms with E-state index in [1.807, 2.05) is 0 Å². The Balaban J connectivity index is 1.73. The first kappa shape index (κ1) is 21.2. The third-order valence-electron chi connectivity index (χ3n) is 3.82. The van der Waals surface area contributed by atoms with Gasteiger partial charge in [-0.2, -0.15) is 13.2 Å². The molecule has 3 aromatic rings. The van der Waals surface area contributed by atoms with Crippen molar-refractivity contribution in [3.8, 4) is 23.0 Å². The molecule has 0 saturated carbocycles. The van der Waals surface area contributed by atoms with Crippen LogP contribution < -0.4 is 9.47 Å². The van der Waals surface area contributed by atoms with Crippen LogP contribution in [0.15, 0.2) is 77.7 Å². The topological polar surface area (TPSA) is 89.9 Å². The van der Waals surface area contributed by atoms with Crippen LogP contribution in [0.4, 0.5) is 13.2 Å². The molecule has 0 radical (unpaired) electrons. The molecule has 0 spiro atoms. The summed E-state index contributed by atoms with van der Waals surface area (Å²) in [5.41, 5.74) is -5.28. The van der Waals surface area contributed by atoms with Crippen molar-refractivity contribution in [2.75, 3.05) is 0 Å². The zero-order valence-electron chi connectivity index (χ0n) is 15.0. The van der Waals surface area contributed by atoms with E-state index < -0.39 is 26.2 Å². The summed E-state index contributed by atoms with van der Waals surface area (Å²) in [6.07, 6.45) is 0. The maximum Gasteiger partial charge on any atom is 0.501 e. The molecule has 0 aliphatic heterocycles. The second-order valence-corrected chi connectivity index (χ2v) is 7.87. The minimum Gasteiger partial charge on any atom is -0.478 e. The van der Waals surface area contributed by atoms with Crippen LogP contribution in [0.1, 0.15) is 10.4 Å². The van der Waals surface area contributed by atoms with Crippen molar-refractivity contribution in [2.24, 2.45) is 0 Å². The summed E-state index contributed by atoms with van der Waals surface area (Å²) in [6.45, 7) is 0. The molecular formula is C20H13F3O6S. The minimum atomic E-state index is -5.43. The zero-order valence-corrected chi connectivity index (χ0v) is 15.8. The molecule has 0 amide bonds. The molecule has 10 heteroatoms. The fraction of sp³-hybridized carbons (Fsp3) is 0.0500. The Hall–Kier alpha value is -3.53. The Labute approximate surface area is 169 Å². The molecule has 0 bridgehead atoms. The maximum absolute atomic E-state index is 12.6. The second-order valence-electron chi connectivity index (χ2n) is 5.93. The van der Waals surface area contributed by atoms with E-state index in [1.165, 1.54) is 30.3 Å². The lowest BCUT2D eigenvalue weighted by molar-refractivity contribution is -0.0436. The number of carboxylic acid groups (broad SMARTS) is 1. The highest BCUT2D eigenvalue weighted by Gasteiger charge is 2.46. The van der Waals surface area contributed by atoms with Crippen molar-refractivity contribution >= 4 is 15.8 Å². The number of hydrogen-bond donors (Lipinski definition) is 1. The molecule has 156 valence electrons. The number of aromatic carboxylic acids is 1. The molecule has 0 unspecified atom stereocenters. The Morgan fingerprint density at radius 2 is 1.23 bits per heavy atom. The summed E-state index contributed by atoms with van der Waals surface area (Å²) in [5.74, 6) is 0.108. The normalized spacial score (nSPS) is 11.7. The van der Waals surface area contributed by atoms with E-state index in [0.29, 0.717) is 17.2 Å². The summed E-state index contributed by atoms with van der Waals surface area (Å²) >= 11 is 0. The van der Waals surface area contributed by atoms with Crippen molar-refractivity contribution < 1.29 is 41.0 Å². The largest absolute Gasteiger partial charge is 0.501 e. The van der Waals surface area contributed by atoms with Crippen LogP contribution in [0, 0.1) is 0 Å². The molecule has 0 fully saturated rings. The van der Waals surface area contributed by atoms with Crippen LogP contribution in [0.25, 0.3) is 0 Å². The number of halogens is 3. The molecule has 3 rings (SSSR count). The van der Waals surface area contributed by atoms with Crippen molar-refractivity contribution in [1.29, 1.82) is 0 Å². The van der Waals surface area contributed by atoms with E-state index in [1.54, 1.807) is 18.2 Å². The van der Waals surface area contributed by atoms with Crippen molar-refractivity contribution in [3.63, 3.8) is 0 Å². The third kappa shape index (κ3) is 4.71. The van der Waals surface area contributed by atoms with Gasteiger partial charge in [0, 0.05) is 6.07 Å². The summed E-state index contributed by atoms with van der Waals surface area (Å²) in [5, 5.41) is 8.90. The van der Waals surface area contributed by atoms with Crippen LogP contribution in [-0.2, 0) is 9.84 Å². The molecule has 30 heavy (non-hydrogen) atoms. The summed E-state index contributed by atoms with van der Waals surface area (Å²) in [7, 11) is -5.43. The fourth-order valence-electron chi connectivity index (χ4n) is 2.36. The number of benzene rings is 3. The quantitative estimate of drug-likeness (QED) is 0.565. The van der Waals surface area contributed by atoms with Crippen LogP contribution in [0.5, 0.6) is 23.0 Å². The number of ether oxygens (including phenoxy) is 2. The van der Waals surface area contributed by atoms with Gasteiger partial charge in [-0.3, -0.25) is 0 Å². The van der Waals surface area contributed by atoms with Gasteiger partial charge in [0.25, 0.3) is 9.84 Å². The Morgan fingerprint density at radius 3 is 1.67 bits per heavy atom. The molecule has 0 aliphatic rings. The van der Waals surface area contributed by atoms with Gasteiger partial charge in [-0.25, -0.2) is 13.2 Å². The van der Waals surface area contributed by atoms with E-state index in [0.717, 1.165) is 24.3 Å². The van der Waals surface area contributed by atoms with E-state index >= 15 is 0 Å². The molecule has 6 nitrogen and oxygen atoms in total. The number of alkyl halides is 3. The summed E-state index contributed by atoms with van der Waals surface area (Å²) in [4.78, 5) is 9.98. The van der Waals surface area contributed by atoms with E-state index in [9.17, 15) is 26.4 Å². The van der Waals surface area contributed by atoms with Gasteiger partial charge in [-0.05, 0) is 60.7 Å². The van der Waals surface area contributed by atoms with E-state index in [2.05, 4.69) is 0 Å². The smallest absolute Gasteiger partial charge is 0.478 e. The van der Waals surface area contributed by atoms with Gasteiger partial charge >= 0.3 is 11.5 Å². The molecular weight excluding hydrogens is 425 g/mol. The standard InChI is InChI=1S/C20H13F3O6S/c21-20(22,23)30(26,27)18-10-8-15(9-11-18)29-17-3-1-2-16(12-17)28-14-6-4-13(5-7-14)19(24)25/h1-12H,(H,24,25). The number of sulfone groups is 1. The van der Waals surface area contributed by atoms with Crippen LogP contribution >= 0.6 is 0 Å². The van der Waals surface area contributed by atoms with E-state index in [4.69, 9.17) is 14.6 Å². The van der Waals surface area contributed by atoms with Crippen molar-refractivity contribution in [2.45, 2.75) is 10.4 Å². The molecule has 1 N–H and O–H groups in total. The molecule has 0 saturated heterocycles. The van der Waals surface area contributed by atoms with Gasteiger partial charge in [-0.1, -0.05) is 6.07 Å². The predicted octanol–water partition coefficient (Wildman–Crippen LogP) is 5.26. The second kappa shape index (κ2) is 8.07. The summed E-state index contributed by atoms with van der Waals surface area (Å²) < 4.78 is 71.7. The van der Waals surface area contributed by atoms with Crippen LogP contribution in [-0.4, -0.2) is 25.0 Å². The number of hydrogen-bond acceptors (Lipinski definition) is 5. The Morgan fingerprint density at radius 1 is 0.767 bits per heavy atom. The monoisotopic (exact) mass is 438 g/mol. The Kier molecular flexibility index (Phi) is 5.70. The fourth-order valence-corrected chi connectivity index (χ4v) is 3.12.